The molecular weight excluding hydrogens is 268 g/mol. The second-order valence-corrected chi connectivity index (χ2v) is 8.13. The van der Waals surface area contributed by atoms with Crippen LogP contribution in [0.1, 0.15) is 34.6 Å². The molecule has 19 heavy (non-hydrogen) atoms. The minimum Gasteiger partial charge on any atom is -0.444 e. The Balaban J connectivity index is 1.98. The van der Waals surface area contributed by atoms with E-state index in [9.17, 15) is 14.7 Å². The van der Waals surface area contributed by atoms with Crippen molar-refractivity contribution in [2.75, 3.05) is 0 Å². The number of rotatable bonds is 1. The molecule has 0 radical (unpaired) electrons. The molecule has 7 heteroatoms. The van der Waals surface area contributed by atoms with E-state index >= 15 is 0 Å². The van der Waals surface area contributed by atoms with E-state index in [2.05, 4.69) is 5.32 Å². The highest BCUT2D eigenvalue weighted by Gasteiger charge is 2.61. The van der Waals surface area contributed by atoms with Gasteiger partial charge in [-0.1, -0.05) is 0 Å². The molecule has 0 aromatic carbocycles. The van der Waals surface area contributed by atoms with E-state index in [0.29, 0.717) is 0 Å². The summed E-state index contributed by atoms with van der Waals surface area (Å²) in [6, 6.07) is -0.615. The van der Waals surface area contributed by atoms with Gasteiger partial charge in [-0.05, 0) is 34.6 Å². The number of fused-ring (bicyclic) bond motifs is 1. The van der Waals surface area contributed by atoms with Crippen LogP contribution in [0.4, 0.5) is 4.79 Å². The molecule has 2 aliphatic rings. The number of hydrogen-bond donors (Lipinski definition) is 2. The van der Waals surface area contributed by atoms with E-state index in [4.69, 9.17) is 4.74 Å². The molecule has 0 bridgehead atoms. The molecule has 0 aromatic heterocycles. The molecule has 2 fully saturated rings. The van der Waals surface area contributed by atoms with Crippen LogP contribution >= 0.6 is 11.8 Å². The zero-order valence-corrected chi connectivity index (χ0v) is 12.6. The van der Waals surface area contributed by atoms with E-state index in [1.54, 1.807) is 20.8 Å². The second-order valence-electron chi connectivity index (χ2n) is 6.35. The number of nitrogens with one attached hydrogen (secondary N) is 1. The van der Waals surface area contributed by atoms with Crippen LogP contribution in [0, 0.1) is 0 Å². The van der Waals surface area contributed by atoms with Gasteiger partial charge in [0.15, 0.2) is 0 Å². The van der Waals surface area contributed by atoms with E-state index in [0.717, 1.165) is 0 Å². The topological polar surface area (TPSA) is 78.9 Å². The molecule has 0 aliphatic carbocycles. The Labute approximate surface area is 116 Å². The Morgan fingerprint density at radius 3 is 2.58 bits per heavy atom. The van der Waals surface area contributed by atoms with E-state index in [1.165, 1.54) is 16.7 Å². The Bertz CT molecular complexity index is 418. The van der Waals surface area contributed by atoms with Crippen molar-refractivity contribution in [3.63, 3.8) is 0 Å². The zero-order chi connectivity index (χ0) is 14.6. The molecule has 1 unspecified atom stereocenters. The summed E-state index contributed by atoms with van der Waals surface area (Å²) in [5.41, 5.74) is -0.599. The van der Waals surface area contributed by atoms with Crippen molar-refractivity contribution in [2.45, 2.75) is 62.6 Å². The Morgan fingerprint density at radius 1 is 1.47 bits per heavy atom. The number of hydrogen-bond acceptors (Lipinski definition) is 5. The van der Waals surface area contributed by atoms with Gasteiger partial charge >= 0.3 is 6.09 Å². The lowest BCUT2D eigenvalue weighted by molar-refractivity contribution is -0.160. The van der Waals surface area contributed by atoms with Crippen LogP contribution in [0.3, 0.4) is 0 Å². The molecular formula is C12H20N2O4S. The van der Waals surface area contributed by atoms with Gasteiger partial charge in [-0.15, -0.1) is 11.8 Å². The molecule has 108 valence electrons. The summed E-state index contributed by atoms with van der Waals surface area (Å²) in [7, 11) is 0. The van der Waals surface area contributed by atoms with Gasteiger partial charge in [0.25, 0.3) is 5.91 Å². The first-order valence-electron chi connectivity index (χ1n) is 6.20. The minimum atomic E-state index is -0.813. The quantitative estimate of drug-likeness (QED) is 0.701. The van der Waals surface area contributed by atoms with Gasteiger partial charge in [-0.3, -0.25) is 9.69 Å². The monoisotopic (exact) mass is 288 g/mol. The van der Waals surface area contributed by atoms with Crippen molar-refractivity contribution < 1.29 is 19.4 Å². The lowest BCUT2D eigenvalue weighted by atomic mass is 10.0. The number of alkyl carbamates (subject to hydrolysis) is 1. The van der Waals surface area contributed by atoms with Crippen LogP contribution in [-0.2, 0) is 9.53 Å². The van der Waals surface area contributed by atoms with Gasteiger partial charge in [-0.25, -0.2) is 4.79 Å². The van der Waals surface area contributed by atoms with E-state index < -0.39 is 28.7 Å². The third-order valence-electron chi connectivity index (χ3n) is 3.06. The fraction of sp³-hybridized carbons (Fsp3) is 0.833. The Morgan fingerprint density at radius 2 is 2.05 bits per heavy atom. The van der Waals surface area contributed by atoms with Crippen LogP contribution in [0.15, 0.2) is 0 Å². The molecule has 0 aromatic rings. The molecule has 2 heterocycles. The third-order valence-corrected chi connectivity index (χ3v) is 4.62. The summed E-state index contributed by atoms with van der Waals surface area (Å²) in [5, 5.41) is 12.3. The maximum atomic E-state index is 11.9. The molecule has 0 spiro atoms. The average molecular weight is 288 g/mol. The number of nitrogens with zero attached hydrogens (tertiary/aromatic N) is 1. The van der Waals surface area contributed by atoms with Crippen molar-refractivity contribution in [2.24, 2.45) is 0 Å². The first kappa shape index (κ1) is 14.5. The van der Waals surface area contributed by atoms with Crippen molar-refractivity contribution in [3.8, 4) is 0 Å². The maximum absolute atomic E-state index is 11.9. The lowest BCUT2D eigenvalue weighted by Gasteiger charge is -2.43. The van der Waals surface area contributed by atoms with Crippen LogP contribution in [0.5, 0.6) is 0 Å². The number of aliphatic hydroxyl groups is 1. The fourth-order valence-corrected chi connectivity index (χ4v) is 3.66. The van der Waals surface area contributed by atoms with Crippen LogP contribution in [0.25, 0.3) is 0 Å². The highest BCUT2D eigenvalue weighted by molar-refractivity contribution is 8.01. The normalized spacial score (nSPS) is 32.6. The number of thioether (sulfide) groups is 1. The van der Waals surface area contributed by atoms with Crippen molar-refractivity contribution in [1.82, 2.24) is 10.2 Å². The highest BCUT2D eigenvalue weighted by atomic mass is 32.2. The van der Waals surface area contributed by atoms with Crippen molar-refractivity contribution in [1.29, 1.82) is 0 Å². The number of carbonyl (C=O) groups excluding carboxylic acids is 2. The lowest BCUT2D eigenvalue weighted by Crippen LogP contribution is -2.69. The van der Waals surface area contributed by atoms with Gasteiger partial charge in [-0.2, -0.15) is 0 Å². The molecule has 2 aliphatic heterocycles. The Kier molecular flexibility index (Phi) is 3.25. The maximum Gasteiger partial charge on any atom is 0.408 e. The summed E-state index contributed by atoms with van der Waals surface area (Å²) < 4.78 is 4.70. The number of amides is 2. The summed E-state index contributed by atoms with van der Waals surface area (Å²) in [6.07, 6.45) is -1.42. The molecule has 0 saturated carbocycles. The molecule has 2 amide bonds. The average Bonchev–Trinajstić information content (AvgIpc) is 2.42. The zero-order valence-electron chi connectivity index (χ0n) is 11.8. The summed E-state index contributed by atoms with van der Waals surface area (Å²) >= 11 is 1.48. The number of ether oxygens (including phenoxy) is 1. The summed E-state index contributed by atoms with van der Waals surface area (Å²) in [4.78, 5) is 25.0. The molecule has 2 N–H and O–H groups in total. The Hall–Kier alpha value is -0.950. The van der Waals surface area contributed by atoms with Gasteiger partial charge < -0.3 is 15.2 Å². The van der Waals surface area contributed by atoms with Crippen LogP contribution < -0.4 is 5.32 Å². The van der Waals surface area contributed by atoms with Gasteiger partial charge in [0.2, 0.25) is 0 Å². The van der Waals surface area contributed by atoms with Crippen LogP contribution in [0.2, 0.25) is 0 Å². The number of β-lactam (4-membered cyclic amide) rings is 1. The highest BCUT2D eigenvalue weighted by Crippen LogP contribution is 2.49. The van der Waals surface area contributed by atoms with E-state index in [-0.39, 0.29) is 11.3 Å². The molecule has 2 rings (SSSR count). The predicted molar refractivity (Wildman–Crippen MR) is 71.5 cm³/mol. The van der Waals surface area contributed by atoms with Crippen LogP contribution in [-0.4, -0.2) is 50.0 Å². The van der Waals surface area contributed by atoms with Gasteiger partial charge in [0.1, 0.15) is 23.2 Å². The molecule has 6 nitrogen and oxygen atoms in total. The molecule has 3 atom stereocenters. The summed E-state index contributed by atoms with van der Waals surface area (Å²) in [5.74, 6) is -0.263. The largest absolute Gasteiger partial charge is 0.444 e. The summed E-state index contributed by atoms with van der Waals surface area (Å²) in [6.45, 7) is 9.03. The first-order valence-corrected chi connectivity index (χ1v) is 7.08. The minimum absolute atomic E-state index is 0.218. The number of carbonyl (C=O) groups is 2. The fourth-order valence-electron chi connectivity index (χ4n) is 2.15. The first-order chi connectivity index (χ1) is 8.53. The SMILES string of the molecule is CC(C)(C)OC(=O)N[C@@H]1C(=O)N2C(O)C(C)(C)S[C@H]12. The van der Waals surface area contributed by atoms with Gasteiger partial charge in [0.05, 0.1) is 4.75 Å². The smallest absolute Gasteiger partial charge is 0.408 e. The van der Waals surface area contributed by atoms with Crippen molar-refractivity contribution >= 4 is 23.8 Å². The second kappa shape index (κ2) is 4.28. The third kappa shape index (κ3) is 2.53. The predicted octanol–water partition coefficient (Wildman–Crippen LogP) is 0.892. The molecule has 2 saturated heterocycles. The van der Waals surface area contributed by atoms with Crippen molar-refractivity contribution in [3.05, 3.63) is 0 Å². The van der Waals surface area contributed by atoms with E-state index in [1.807, 2.05) is 13.8 Å². The standard InChI is InChI=1S/C12H20N2O4S/c1-11(2,3)18-10(17)13-6-7(15)14-8(6)19-12(4,5)9(14)16/h6,8-9,16H,1-5H3,(H,13,17)/t6-,8-,9?/m1/s1. The van der Waals surface area contributed by atoms with Gasteiger partial charge in [0, 0.05) is 0 Å². The number of aliphatic hydroxyl groups excluding tert-OH is 1.